The average Bonchev–Trinajstić information content (AvgIpc) is 3.00. The molecule has 0 unspecified atom stereocenters. The smallest absolute Gasteiger partial charge is 0.176 e. The van der Waals surface area contributed by atoms with Crippen molar-refractivity contribution in [3.63, 3.8) is 0 Å². The van der Waals surface area contributed by atoms with Crippen LogP contribution in [0.5, 0.6) is 0 Å². The minimum Gasteiger partial charge on any atom is -0.239 e. The average molecular weight is 427 g/mol. The van der Waals surface area contributed by atoms with E-state index in [4.69, 9.17) is 5.10 Å². The Morgan fingerprint density at radius 1 is 0.923 bits per heavy atom. The van der Waals surface area contributed by atoms with Gasteiger partial charge in [0.15, 0.2) is 9.84 Å². The van der Waals surface area contributed by atoms with Gasteiger partial charge in [-0.25, -0.2) is 12.9 Å². The van der Waals surface area contributed by atoms with Gasteiger partial charge in [0.2, 0.25) is 0 Å². The summed E-state index contributed by atoms with van der Waals surface area (Å²) in [6, 6.07) is 20.7. The Hall–Kier alpha value is -2.44. The lowest BCUT2D eigenvalue weighted by Crippen LogP contribution is -2.00. The van der Waals surface area contributed by atoms with E-state index >= 15 is 0 Å². The maximum Gasteiger partial charge on any atom is 0.176 e. The van der Waals surface area contributed by atoms with Gasteiger partial charge in [-0.05, 0) is 34.1 Å². The second kappa shape index (κ2) is 6.37. The lowest BCUT2D eigenvalue weighted by Gasteiger charge is -2.09. The van der Waals surface area contributed by atoms with Crippen LogP contribution < -0.4 is 0 Å². The van der Waals surface area contributed by atoms with Crippen molar-refractivity contribution < 1.29 is 8.42 Å². The number of hydrogen-bond donors (Lipinski definition) is 0. The van der Waals surface area contributed by atoms with Gasteiger partial charge in [0.1, 0.15) is 5.69 Å². The first-order valence-corrected chi connectivity index (χ1v) is 10.7. The van der Waals surface area contributed by atoms with Crippen LogP contribution in [0.4, 0.5) is 0 Å². The molecule has 4 rings (SSSR count). The Balaban J connectivity index is 2.13. The number of hydrogen-bond acceptors (Lipinski definition) is 3. The molecule has 6 heteroatoms. The number of aromatic nitrogens is 2. The molecule has 4 nitrogen and oxygen atoms in total. The highest BCUT2D eigenvalue weighted by atomic mass is 79.9. The van der Waals surface area contributed by atoms with E-state index in [1.165, 1.54) is 6.26 Å². The normalized spacial score (nSPS) is 11.8. The van der Waals surface area contributed by atoms with E-state index in [1.807, 2.05) is 60.8 Å². The summed E-state index contributed by atoms with van der Waals surface area (Å²) in [5.74, 6) is 0. The first kappa shape index (κ1) is 17.0. The molecule has 2 aromatic heterocycles. The molecule has 0 amide bonds. The monoisotopic (exact) mass is 426 g/mol. The van der Waals surface area contributed by atoms with Crippen LogP contribution in [0.25, 0.3) is 27.9 Å². The van der Waals surface area contributed by atoms with E-state index in [-0.39, 0.29) is 0 Å². The molecular weight excluding hydrogens is 412 g/mol. The second-order valence-electron chi connectivity index (χ2n) is 6.04. The second-order valence-corrected chi connectivity index (χ2v) is 8.93. The Morgan fingerprint density at radius 3 is 2.35 bits per heavy atom. The standard InChI is InChI=1S/C20H15BrN2O2S/c1-26(24,25)18-10-6-5-9-16(18)19-17-12-11-15(21)13-23(17)22-20(19)14-7-3-2-4-8-14/h2-13H,1H3. The van der Waals surface area contributed by atoms with E-state index < -0.39 is 9.84 Å². The van der Waals surface area contributed by atoms with Crippen LogP contribution in [-0.4, -0.2) is 24.3 Å². The van der Waals surface area contributed by atoms with Crippen molar-refractivity contribution in [3.05, 3.63) is 77.4 Å². The van der Waals surface area contributed by atoms with E-state index in [0.717, 1.165) is 26.8 Å². The maximum atomic E-state index is 12.4. The fourth-order valence-electron chi connectivity index (χ4n) is 3.08. The zero-order valence-corrected chi connectivity index (χ0v) is 16.3. The molecule has 0 aliphatic heterocycles. The minimum absolute atomic E-state index is 0.301. The SMILES string of the molecule is CS(=O)(=O)c1ccccc1-c1c(-c2ccccc2)nn2cc(Br)ccc12. The van der Waals surface area contributed by atoms with Gasteiger partial charge >= 0.3 is 0 Å². The predicted molar refractivity (Wildman–Crippen MR) is 107 cm³/mol. The van der Waals surface area contributed by atoms with Crippen molar-refractivity contribution in [3.8, 4) is 22.4 Å². The summed E-state index contributed by atoms with van der Waals surface area (Å²) >= 11 is 3.47. The molecule has 0 bridgehead atoms. The van der Waals surface area contributed by atoms with Crippen LogP contribution in [-0.2, 0) is 9.84 Å². The Kier molecular flexibility index (Phi) is 4.17. The molecular formula is C20H15BrN2O2S. The number of nitrogens with zero attached hydrogens (tertiary/aromatic N) is 2. The Morgan fingerprint density at radius 2 is 1.62 bits per heavy atom. The predicted octanol–water partition coefficient (Wildman–Crippen LogP) is 4.83. The largest absolute Gasteiger partial charge is 0.239 e. The molecule has 4 aromatic rings. The van der Waals surface area contributed by atoms with Crippen molar-refractivity contribution in [2.75, 3.05) is 6.26 Å². The van der Waals surface area contributed by atoms with Crippen molar-refractivity contribution in [2.45, 2.75) is 4.90 Å². The van der Waals surface area contributed by atoms with Gasteiger partial charge in [-0.3, -0.25) is 0 Å². The molecule has 0 saturated carbocycles. The minimum atomic E-state index is -3.38. The topological polar surface area (TPSA) is 51.4 Å². The van der Waals surface area contributed by atoms with Crippen LogP contribution >= 0.6 is 15.9 Å². The fourth-order valence-corrected chi connectivity index (χ4v) is 4.31. The molecule has 0 spiro atoms. The van der Waals surface area contributed by atoms with Gasteiger partial charge in [-0.2, -0.15) is 5.10 Å². The van der Waals surface area contributed by atoms with Gasteiger partial charge in [0, 0.05) is 33.6 Å². The number of pyridine rings is 1. The van der Waals surface area contributed by atoms with Crippen LogP contribution in [0.15, 0.2) is 82.3 Å². The van der Waals surface area contributed by atoms with E-state index in [2.05, 4.69) is 15.9 Å². The van der Waals surface area contributed by atoms with E-state index in [0.29, 0.717) is 10.5 Å². The summed E-state index contributed by atoms with van der Waals surface area (Å²) in [5, 5.41) is 4.74. The van der Waals surface area contributed by atoms with Crippen molar-refractivity contribution in [1.82, 2.24) is 9.61 Å². The van der Waals surface area contributed by atoms with Crippen LogP contribution in [0.2, 0.25) is 0 Å². The first-order valence-electron chi connectivity index (χ1n) is 7.98. The molecule has 0 saturated heterocycles. The molecule has 0 radical (unpaired) electrons. The van der Waals surface area contributed by atoms with Crippen molar-refractivity contribution in [2.24, 2.45) is 0 Å². The summed E-state index contributed by atoms with van der Waals surface area (Å²) in [7, 11) is -3.38. The molecule has 130 valence electrons. The maximum absolute atomic E-state index is 12.4. The van der Waals surface area contributed by atoms with Gasteiger partial charge < -0.3 is 0 Å². The summed E-state index contributed by atoms with van der Waals surface area (Å²) < 4.78 is 27.4. The fraction of sp³-hybridized carbons (Fsp3) is 0.0500. The third-order valence-corrected chi connectivity index (χ3v) is 5.82. The summed E-state index contributed by atoms with van der Waals surface area (Å²) in [5.41, 5.74) is 4.00. The highest BCUT2D eigenvalue weighted by Gasteiger charge is 2.22. The molecule has 0 atom stereocenters. The third kappa shape index (κ3) is 2.95. The van der Waals surface area contributed by atoms with Crippen LogP contribution in [0.1, 0.15) is 0 Å². The van der Waals surface area contributed by atoms with Crippen molar-refractivity contribution >= 4 is 31.3 Å². The molecule has 0 aliphatic rings. The first-order chi connectivity index (χ1) is 12.4. The summed E-state index contributed by atoms with van der Waals surface area (Å²) in [6.07, 6.45) is 3.10. The number of rotatable bonds is 3. The highest BCUT2D eigenvalue weighted by molar-refractivity contribution is 9.10. The van der Waals surface area contributed by atoms with E-state index in [1.54, 1.807) is 16.6 Å². The van der Waals surface area contributed by atoms with E-state index in [9.17, 15) is 8.42 Å². The lowest BCUT2D eigenvalue weighted by atomic mass is 10.00. The molecule has 0 N–H and O–H groups in total. The molecule has 0 aliphatic carbocycles. The van der Waals surface area contributed by atoms with Crippen LogP contribution in [0.3, 0.4) is 0 Å². The Labute approximate surface area is 160 Å². The summed E-state index contributed by atoms with van der Waals surface area (Å²) in [6.45, 7) is 0. The molecule has 26 heavy (non-hydrogen) atoms. The number of fused-ring (bicyclic) bond motifs is 1. The highest BCUT2D eigenvalue weighted by Crippen LogP contribution is 2.38. The van der Waals surface area contributed by atoms with Gasteiger partial charge in [0.05, 0.1) is 10.4 Å². The lowest BCUT2D eigenvalue weighted by molar-refractivity contribution is 0.602. The third-order valence-electron chi connectivity index (χ3n) is 4.20. The van der Waals surface area contributed by atoms with Crippen molar-refractivity contribution in [1.29, 1.82) is 0 Å². The zero-order chi connectivity index (χ0) is 18.3. The van der Waals surface area contributed by atoms with Crippen LogP contribution in [0, 0.1) is 0 Å². The number of benzene rings is 2. The Bertz CT molecular complexity index is 1220. The molecule has 0 fully saturated rings. The van der Waals surface area contributed by atoms with Gasteiger partial charge in [-0.15, -0.1) is 0 Å². The molecule has 2 heterocycles. The molecule has 2 aromatic carbocycles. The number of sulfone groups is 1. The van der Waals surface area contributed by atoms with Gasteiger partial charge in [0.25, 0.3) is 0 Å². The summed E-state index contributed by atoms with van der Waals surface area (Å²) in [4.78, 5) is 0.301. The number of halogens is 1. The quantitative estimate of drug-likeness (QED) is 0.471. The zero-order valence-electron chi connectivity index (χ0n) is 13.9. The van der Waals surface area contributed by atoms with Gasteiger partial charge in [-0.1, -0.05) is 48.5 Å².